The first-order valence-corrected chi connectivity index (χ1v) is 8.17. The summed E-state index contributed by atoms with van der Waals surface area (Å²) < 4.78 is 5.09. The molecule has 0 bridgehead atoms. The monoisotopic (exact) mass is 326 g/mol. The maximum Gasteiger partial charge on any atom is 0.224 e. The maximum atomic E-state index is 12.4. The number of aliphatic hydroxyl groups excluding tert-OH is 1. The van der Waals surface area contributed by atoms with Gasteiger partial charge >= 0.3 is 0 Å². The summed E-state index contributed by atoms with van der Waals surface area (Å²) in [6, 6.07) is 13.2. The summed E-state index contributed by atoms with van der Waals surface area (Å²) in [7, 11) is 1.57. The van der Waals surface area contributed by atoms with E-state index >= 15 is 0 Å². The van der Waals surface area contributed by atoms with Gasteiger partial charge in [0.1, 0.15) is 0 Å². The first-order chi connectivity index (χ1) is 11.7. The highest BCUT2D eigenvalue weighted by Crippen LogP contribution is 2.38. The molecule has 1 saturated carbocycles. The molecule has 1 aliphatic carbocycles. The number of rotatable bonds is 6. The SMILES string of the molecule is COc1ccc([C@@H](NC(=O)Cc2ccccc2)C2CC(O)C2)cn1. The smallest absolute Gasteiger partial charge is 0.224 e. The number of hydrogen-bond donors (Lipinski definition) is 2. The van der Waals surface area contributed by atoms with Crippen molar-refractivity contribution in [3.8, 4) is 5.88 Å². The Morgan fingerprint density at radius 3 is 2.62 bits per heavy atom. The average Bonchev–Trinajstić information content (AvgIpc) is 2.58. The van der Waals surface area contributed by atoms with Crippen molar-refractivity contribution in [2.75, 3.05) is 7.11 Å². The van der Waals surface area contributed by atoms with Crippen molar-refractivity contribution in [2.45, 2.75) is 31.4 Å². The molecule has 1 heterocycles. The van der Waals surface area contributed by atoms with Gasteiger partial charge in [-0.25, -0.2) is 4.98 Å². The van der Waals surface area contributed by atoms with Crippen LogP contribution in [0.4, 0.5) is 0 Å². The van der Waals surface area contributed by atoms with Gasteiger partial charge in [-0.2, -0.15) is 0 Å². The van der Waals surface area contributed by atoms with Crippen LogP contribution in [0, 0.1) is 5.92 Å². The fraction of sp³-hybridized carbons (Fsp3) is 0.368. The van der Waals surface area contributed by atoms with Crippen molar-refractivity contribution < 1.29 is 14.6 Å². The minimum Gasteiger partial charge on any atom is -0.481 e. The Hall–Kier alpha value is -2.40. The number of aliphatic hydroxyl groups is 1. The van der Waals surface area contributed by atoms with E-state index in [1.807, 2.05) is 36.4 Å². The third-order valence-electron chi connectivity index (χ3n) is 4.47. The summed E-state index contributed by atoms with van der Waals surface area (Å²) >= 11 is 0. The molecule has 0 radical (unpaired) electrons. The molecule has 1 atom stereocenters. The predicted octanol–water partition coefficient (Wildman–Crippen LogP) is 2.26. The molecule has 1 amide bonds. The number of nitrogens with zero attached hydrogens (tertiary/aromatic N) is 1. The van der Waals surface area contributed by atoms with E-state index in [1.165, 1.54) is 0 Å². The summed E-state index contributed by atoms with van der Waals surface area (Å²) in [4.78, 5) is 16.7. The highest BCUT2D eigenvalue weighted by Gasteiger charge is 2.35. The van der Waals surface area contributed by atoms with E-state index in [-0.39, 0.29) is 24.0 Å². The van der Waals surface area contributed by atoms with E-state index in [9.17, 15) is 9.90 Å². The molecular formula is C19H22N2O3. The van der Waals surface area contributed by atoms with Gasteiger partial charge in [0.05, 0.1) is 25.7 Å². The lowest BCUT2D eigenvalue weighted by Gasteiger charge is -2.38. The lowest BCUT2D eigenvalue weighted by atomic mass is 9.75. The molecule has 1 aromatic carbocycles. The Morgan fingerprint density at radius 1 is 1.29 bits per heavy atom. The van der Waals surface area contributed by atoms with Gasteiger partial charge in [0.2, 0.25) is 11.8 Å². The van der Waals surface area contributed by atoms with Crippen LogP contribution in [0.2, 0.25) is 0 Å². The highest BCUT2D eigenvalue weighted by atomic mass is 16.5. The number of carbonyl (C=O) groups excluding carboxylic acids is 1. The number of methoxy groups -OCH3 is 1. The fourth-order valence-corrected chi connectivity index (χ4v) is 3.08. The summed E-state index contributed by atoms with van der Waals surface area (Å²) in [5.74, 6) is 0.750. The van der Waals surface area contributed by atoms with E-state index in [4.69, 9.17) is 4.74 Å². The number of ether oxygens (including phenoxy) is 1. The van der Waals surface area contributed by atoms with Crippen molar-refractivity contribution in [3.63, 3.8) is 0 Å². The molecule has 0 aliphatic heterocycles. The van der Waals surface area contributed by atoms with Crippen LogP contribution in [0.5, 0.6) is 5.88 Å². The summed E-state index contributed by atoms with van der Waals surface area (Å²) in [6.45, 7) is 0. The third-order valence-corrected chi connectivity index (χ3v) is 4.47. The van der Waals surface area contributed by atoms with E-state index in [0.717, 1.165) is 11.1 Å². The molecule has 5 heteroatoms. The number of hydrogen-bond acceptors (Lipinski definition) is 4. The van der Waals surface area contributed by atoms with Gasteiger partial charge < -0.3 is 15.2 Å². The van der Waals surface area contributed by atoms with E-state index in [1.54, 1.807) is 19.4 Å². The van der Waals surface area contributed by atoms with Gasteiger partial charge in [-0.1, -0.05) is 36.4 Å². The van der Waals surface area contributed by atoms with Crippen LogP contribution in [0.25, 0.3) is 0 Å². The molecule has 1 fully saturated rings. The number of carbonyl (C=O) groups is 1. The molecule has 0 saturated heterocycles. The van der Waals surface area contributed by atoms with Crippen LogP contribution < -0.4 is 10.1 Å². The molecule has 2 aromatic rings. The van der Waals surface area contributed by atoms with Crippen LogP contribution >= 0.6 is 0 Å². The number of benzene rings is 1. The predicted molar refractivity (Wildman–Crippen MR) is 90.5 cm³/mol. The summed E-state index contributed by atoms with van der Waals surface area (Å²) in [6.07, 6.45) is 3.20. The molecule has 1 aromatic heterocycles. The molecule has 24 heavy (non-hydrogen) atoms. The zero-order valence-electron chi connectivity index (χ0n) is 13.7. The Bertz CT molecular complexity index is 667. The first kappa shape index (κ1) is 16.5. The molecular weight excluding hydrogens is 304 g/mol. The largest absolute Gasteiger partial charge is 0.481 e. The number of aromatic nitrogens is 1. The maximum absolute atomic E-state index is 12.4. The van der Waals surface area contributed by atoms with Crippen LogP contribution in [-0.2, 0) is 11.2 Å². The molecule has 3 rings (SSSR count). The standard InChI is InChI=1S/C19H22N2O3/c1-24-18-8-7-14(12-20-18)19(15-10-16(22)11-15)21-17(23)9-13-5-3-2-4-6-13/h2-8,12,15-16,19,22H,9-11H2,1H3,(H,21,23)/t15?,16?,19-/m1/s1. The second-order valence-electron chi connectivity index (χ2n) is 6.23. The molecule has 0 unspecified atom stereocenters. The summed E-state index contributed by atoms with van der Waals surface area (Å²) in [5.41, 5.74) is 1.92. The topological polar surface area (TPSA) is 71.5 Å². The van der Waals surface area contributed by atoms with Gasteiger partial charge in [-0.15, -0.1) is 0 Å². The molecule has 126 valence electrons. The van der Waals surface area contributed by atoms with E-state index in [0.29, 0.717) is 25.1 Å². The van der Waals surface area contributed by atoms with Gasteiger partial charge in [0.15, 0.2) is 0 Å². The quantitative estimate of drug-likeness (QED) is 0.854. The lowest BCUT2D eigenvalue weighted by molar-refractivity contribution is -0.122. The second kappa shape index (κ2) is 7.45. The number of amides is 1. The molecule has 0 spiro atoms. The third kappa shape index (κ3) is 3.92. The lowest BCUT2D eigenvalue weighted by Crippen LogP contribution is -2.41. The zero-order chi connectivity index (χ0) is 16.9. The summed E-state index contributed by atoms with van der Waals surface area (Å²) in [5, 5.41) is 12.7. The van der Waals surface area contributed by atoms with E-state index in [2.05, 4.69) is 10.3 Å². The van der Waals surface area contributed by atoms with Gasteiger partial charge in [0.25, 0.3) is 0 Å². The van der Waals surface area contributed by atoms with Crippen LogP contribution in [0.15, 0.2) is 48.7 Å². The Kier molecular flexibility index (Phi) is 5.11. The van der Waals surface area contributed by atoms with Crippen molar-refractivity contribution in [3.05, 3.63) is 59.8 Å². The zero-order valence-corrected chi connectivity index (χ0v) is 13.7. The first-order valence-electron chi connectivity index (χ1n) is 8.17. The number of nitrogens with one attached hydrogen (secondary N) is 1. The molecule has 1 aliphatic rings. The minimum absolute atomic E-state index is 0.0246. The van der Waals surface area contributed by atoms with Gasteiger partial charge in [-0.05, 0) is 29.9 Å². The van der Waals surface area contributed by atoms with Crippen LogP contribution in [0.3, 0.4) is 0 Å². The molecule has 2 N–H and O–H groups in total. The van der Waals surface area contributed by atoms with Gasteiger partial charge in [0, 0.05) is 12.3 Å². The fourth-order valence-electron chi connectivity index (χ4n) is 3.08. The van der Waals surface area contributed by atoms with Crippen molar-refractivity contribution in [1.82, 2.24) is 10.3 Å². The molecule has 5 nitrogen and oxygen atoms in total. The van der Waals surface area contributed by atoms with Crippen molar-refractivity contribution >= 4 is 5.91 Å². The second-order valence-corrected chi connectivity index (χ2v) is 6.23. The van der Waals surface area contributed by atoms with E-state index < -0.39 is 0 Å². The minimum atomic E-state index is -0.269. The Labute approximate surface area is 141 Å². The normalized spacial score (nSPS) is 20.8. The average molecular weight is 326 g/mol. The van der Waals surface area contributed by atoms with Crippen LogP contribution in [-0.4, -0.2) is 29.2 Å². The van der Waals surface area contributed by atoms with Crippen molar-refractivity contribution in [2.24, 2.45) is 5.92 Å². The van der Waals surface area contributed by atoms with Crippen molar-refractivity contribution in [1.29, 1.82) is 0 Å². The Morgan fingerprint density at radius 2 is 2.04 bits per heavy atom. The Balaban J connectivity index is 1.71. The van der Waals surface area contributed by atoms with Crippen LogP contribution in [0.1, 0.15) is 30.0 Å². The number of pyridine rings is 1. The highest BCUT2D eigenvalue weighted by molar-refractivity contribution is 5.79. The van der Waals surface area contributed by atoms with Gasteiger partial charge in [-0.3, -0.25) is 4.79 Å².